The maximum absolute atomic E-state index is 4.70. The number of nitrogens with zero attached hydrogens (tertiary/aromatic N) is 3. The molecular weight excluding hydrogens is 384 g/mol. The number of nitrogens with one attached hydrogen (secondary N) is 1. The number of para-hydroxylation sites is 1. The Bertz CT molecular complexity index is 1100. The van der Waals surface area contributed by atoms with Crippen LogP contribution >= 0.6 is 27.3 Å². The van der Waals surface area contributed by atoms with Crippen LogP contribution in [0, 0.1) is 0 Å². The number of halogens is 1. The second kappa shape index (κ2) is 5.29. The van der Waals surface area contributed by atoms with E-state index in [-0.39, 0.29) is 0 Å². The molecule has 4 nitrogen and oxygen atoms in total. The lowest BCUT2D eigenvalue weighted by Crippen LogP contribution is -1.82. The second-order valence-electron chi connectivity index (χ2n) is 5.54. The summed E-state index contributed by atoms with van der Waals surface area (Å²) in [6, 6.07) is 18.5. The smallest absolute Gasteiger partial charge is 0.213 e. The Morgan fingerprint density at radius 1 is 1.04 bits per heavy atom. The van der Waals surface area contributed by atoms with E-state index in [2.05, 4.69) is 56.3 Å². The van der Waals surface area contributed by atoms with E-state index in [1.165, 1.54) is 5.39 Å². The van der Waals surface area contributed by atoms with E-state index in [1.54, 1.807) is 11.3 Å². The lowest BCUT2D eigenvalue weighted by Gasteiger charge is -1.95. The zero-order chi connectivity index (χ0) is 16.1. The Balaban J connectivity index is 1.57. The van der Waals surface area contributed by atoms with Crippen LogP contribution in [0.3, 0.4) is 0 Å². The molecule has 0 saturated heterocycles. The van der Waals surface area contributed by atoms with Crippen LogP contribution in [-0.2, 0) is 0 Å². The summed E-state index contributed by atoms with van der Waals surface area (Å²) >= 11 is 5.04. The molecule has 5 rings (SSSR count). The molecule has 0 radical (unpaired) electrons. The quantitative estimate of drug-likeness (QED) is 0.437. The number of benzene rings is 2. The summed E-state index contributed by atoms with van der Waals surface area (Å²) in [4.78, 5) is 9.01. The van der Waals surface area contributed by atoms with Crippen LogP contribution in [0.1, 0.15) is 0 Å². The predicted octanol–water partition coefficient (Wildman–Crippen LogP) is 5.37. The van der Waals surface area contributed by atoms with E-state index in [0.717, 1.165) is 36.9 Å². The van der Waals surface area contributed by atoms with Crippen molar-refractivity contribution in [2.45, 2.75) is 0 Å². The van der Waals surface area contributed by atoms with Gasteiger partial charge in [0.1, 0.15) is 0 Å². The summed E-state index contributed by atoms with van der Waals surface area (Å²) in [6.07, 6.45) is 1.97. The predicted molar refractivity (Wildman–Crippen MR) is 101 cm³/mol. The van der Waals surface area contributed by atoms with Crippen molar-refractivity contribution >= 4 is 43.1 Å². The highest BCUT2D eigenvalue weighted by atomic mass is 79.9. The van der Waals surface area contributed by atoms with Gasteiger partial charge in [-0.2, -0.15) is 5.10 Å². The van der Waals surface area contributed by atoms with E-state index >= 15 is 0 Å². The van der Waals surface area contributed by atoms with Gasteiger partial charge in [-0.25, -0.2) is 9.50 Å². The molecule has 0 unspecified atom stereocenters. The summed E-state index contributed by atoms with van der Waals surface area (Å²) in [5, 5.41) is 6.81. The Morgan fingerprint density at radius 3 is 2.67 bits per heavy atom. The van der Waals surface area contributed by atoms with Gasteiger partial charge in [0.05, 0.1) is 17.6 Å². The van der Waals surface area contributed by atoms with Gasteiger partial charge in [-0.1, -0.05) is 57.6 Å². The topological polar surface area (TPSA) is 46.0 Å². The number of hydrogen-bond acceptors (Lipinski definition) is 3. The van der Waals surface area contributed by atoms with Gasteiger partial charge in [0.15, 0.2) is 5.01 Å². The normalized spacial score (nSPS) is 11.5. The molecule has 6 heteroatoms. The van der Waals surface area contributed by atoms with Crippen molar-refractivity contribution in [1.29, 1.82) is 0 Å². The van der Waals surface area contributed by atoms with Gasteiger partial charge >= 0.3 is 0 Å². The number of imidazole rings is 1. The van der Waals surface area contributed by atoms with Crippen LogP contribution in [0.5, 0.6) is 0 Å². The van der Waals surface area contributed by atoms with Gasteiger partial charge in [0, 0.05) is 20.9 Å². The number of fused-ring (bicyclic) bond motifs is 2. The van der Waals surface area contributed by atoms with E-state index in [1.807, 2.05) is 35.0 Å². The van der Waals surface area contributed by atoms with Crippen molar-refractivity contribution < 1.29 is 0 Å². The van der Waals surface area contributed by atoms with Gasteiger partial charge in [-0.15, -0.1) is 0 Å². The van der Waals surface area contributed by atoms with Crippen molar-refractivity contribution in [3.63, 3.8) is 0 Å². The molecule has 0 aliphatic rings. The van der Waals surface area contributed by atoms with Crippen molar-refractivity contribution in [3.8, 4) is 22.0 Å². The van der Waals surface area contributed by atoms with Gasteiger partial charge in [0.2, 0.25) is 4.96 Å². The van der Waals surface area contributed by atoms with Crippen LogP contribution in [0.4, 0.5) is 0 Å². The Morgan fingerprint density at radius 2 is 1.88 bits per heavy atom. The monoisotopic (exact) mass is 394 g/mol. The van der Waals surface area contributed by atoms with E-state index < -0.39 is 0 Å². The van der Waals surface area contributed by atoms with Crippen LogP contribution in [0.15, 0.2) is 65.3 Å². The highest BCUT2D eigenvalue weighted by Gasteiger charge is 2.12. The second-order valence-corrected chi connectivity index (χ2v) is 7.41. The number of rotatable bonds is 2. The Hall–Kier alpha value is -2.44. The SMILES string of the molecule is Brc1ccc(-c2cn3nc(-c4cc5ccccc5[nH]4)sc3n2)cc1. The molecule has 0 aliphatic carbocycles. The van der Waals surface area contributed by atoms with Gasteiger partial charge in [0.25, 0.3) is 0 Å². The molecule has 116 valence electrons. The summed E-state index contributed by atoms with van der Waals surface area (Å²) in [7, 11) is 0. The van der Waals surface area contributed by atoms with Crippen LogP contribution in [-0.4, -0.2) is 19.6 Å². The van der Waals surface area contributed by atoms with Gasteiger partial charge in [-0.3, -0.25) is 0 Å². The van der Waals surface area contributed by atoms with Crippen molar-refractivity contribution in [2.24, 2.45) is 0 Å². The summed E-state index contributed by atoms with van der Waals surface area (Å²) < 4.78 is 2.91. The van der Waals surface area contributed by atoms with Crippen LogP contribution < -0.4 is 0 Å². The fourth-order valence-electron chi connectivity index (χ4n) is 2.76. The summed E-state index contributed by atoms with van der Waals surface area (Å²) in [5.41, 5.74) is 4.17. The molecule has 0 bridgehead atoms. The minimum absolute atomic E-state index is 0.890. The van der Waals surface area contributed by atoms with E-state index in [9.17, 15) is 0 Å². The molecule has 3 aromatic heterocycles. The average molecular weight is 395 g/mol. The van der Waals surface area contributed by atoms with Gasteiger partial charge in [-0.05, 0) is 24.3 Å². The highest BCUT2D eigenvalue weighted by molar-refractivity contribution is 9.10. The minimum atomic E-state index is 0.890. The molecule has 24 heavy (non-hydrogen) atoms. The molecule has 0 saturated carbocycles. The molecule has 3 heterocycles. The molecule has 0 atom stereocenters. The molecule has 1 N–H and O–H groups in total. The zero-order valence-electron chi connectivity index (χ0n) is 12.4. The third kappa shape index (κ3) is 2.26. The van der Waals surface area contributed by atoms with E-state index in [0.29, 0.717) is 0 Å². The van der Waals surface area contributed by atoms with Crippen LogP contribution in [0.2, 0.25) is 0 Å². The lowest BCUT2D eigenvalue weighted by atomic mass is 10.2. The highest BCUT2D eigenvalue weighted by Crippen LogP contribution is 2.30. The first kappa shape index (κ1) is 13.9. The van der Waals surface area contributed by atoms with E-state index in [4.69, 9.17) is 4.98 Å². The van der Waals surface area contributed by atoms with Gasteiger partial charge < -0.3 is 4.98 Å². The largest absolute Gasteiger partial charge is 0.353 e. The first-order chi connectivity index (χ1) is 11.8. The molecule has 0 amide bonds. The molecule has 0 aliphatic heterocycles. The molecule has 5 aromatic rings. The third-order valence-electron chi connectivity index (χ3n) is 3.94. The fraction of sp³-hybridized carbons (Fsp3) is 0. The third-order valence-corrected chi connectivity index (χ3v) is 5.43. The first-order valence-corrected chi connectivity index (χ1v) is 9.07. The molecule has 0 fully saturated rings. The Kier molecular flexibility index (Phi) is 3.08. The van der Waals surface area contributed by atoms with Crippen molar-refractivity contribution in [1.82, 2.24) is 19.6 Å². The zero-order valence-corrected chi connectivity index (χ0v) is 14.8. The minimum Gasteiger partial charge on any atom is -0.353 e. The maximum atomic E-state index is 4.70. The average Bonchev–Trinajstić information content (AvgIpc) is 3.27. The standard InChI is InChI=1S/C18H11BrN4S/c19-13-7-5-11(6-8-13)16-10-23-18(21-16)24-17(22-23)15-9-12-3-1-2-4-14(12)20-15/h1-10,20H. The Labute approximate surface area is 149 Å². The fourth-order valence-corrected chi connectivity index (χ4v) is 3.87. The summed E-state index contributed by atoms with van der Waals surface area (Å²) in [6.45, 7) is 0. The van der Waals surface area contributed by atoms with Crippen molar-refractivity contribution in [3.05, 3.63) is 65.3 Å². The number of hydrogen-bond donors (Lipinski definition) is 1. The lowest BCUT2D eigenvalue weighted by molar-refractivity contribution is 0.976. The number of aromatic nitrogens is 4. The first-order valence-electron chi connectivity index (χ1n) is 7.46. The molecule has 2 aromatic carbocycles. The number of aromatic amines is 1. The molecular formula is C18H11BrN4S. The molecule has 0 spiro atoms. The summed E-state index contributed by atoms with van der Waals surface area (Å²) in [5.74, 6) is 0. The van der Waals surface area contributed by atoms with Crippen molar-refractivity contribution in [2.75, 3.05) is 0 Å². The van der Waals surface area contributed by atoms with Crippen LogP contribution in [0.25, 0.3) is 37.8 Å². The number of H-pyrrole nitrogens is 1. The maximum Gasteiger partial charge on any atom is 0.213 e.